The van der Waals surface area contributed by atoms with E-state index in [1.807, 2.05) is 61.5 Å². The molecule has 0 fully saturated rings. The molecule has 1 aliphatic rings. The second-order valence-electron chi connectivity index (χ2n) is 7.44. The van der Waals surface area contributed by atoms with Crippen molar-refractivity contribution >= 4 is 11.6 Å². The van der Waals surface area contributed by atoms with Crippen molar-refractivity contribution < 1.29 is 14.0 Å². The molecule has 1 amide bonds. The topological polar surface area (TPSA) is 41.9 Å². The summed E-state index contributed by atoms with van der Waals surface area (Å²) in [5.74, 6) is -0.880. The number of benzene rings is 3. The molecule has 1 aliphatic heterocycles. The number of amides is 1. The molecule has 3 aromatic carbocycles. The summed E-state index contributed by atoms with van der Waals surface area (Å²) >= 11 is 0. The number of aryl methyl sites for hydroxylation is 1. The minimum absolute atomic E-state index is 0.0615. The molecule has 0 spiro atoms. The smallest absolute Gasteiger partial charge is 0.257 e. The summed E-state index contributed by atoms with van der Waals surface area (Å²) in [5, 5.41) is 4.26. The highest BCUT2D eigenvalue weighted by Crippen LogP contribution is 2.22. The monoisotopic (exact) mass is 402 g/mol. The highest BCUT2D eigenvalue weighted by atomic mass is 19.1. The third kappa shape index (κ3) is 4.40. The van der Waals surface area contributed by atoms with E-state index in [0.29, 0.717) is 19.5 Å². The van der Waals surface area contributed by atoms with Gasteiger partial charge in [-0.1, -0.05) is 71.9 Å². The first-order valence-corrected chi connectivity index (χ1v) is 9.98. The van der Waals surface area contributed by atoms with Crippen LogP contribution in [-0.2, 0) is 11.4 Å². The predicted molar refractivity (Wildman–Crippen MR) is 115 cm³/mol. The molecular weight excluding hydrogens is 379 g/mol. The number of oxime groups is 1. The Kier molecular flexibility index (Phi) is 5.89. The summed E-state index contributed by atoms with van der Waals surface area (Å²) < 4.78 is 14.3. The Morgan fingerprint density at radius 1 is 1.03 bits per heavy atom. The van der Waals surface area contributed by atoms with Crippen molar-refractivity contribution in [3.05, 3.63) is 107 Å². The van der Waals surface area contributed by atoms with Crippen molar-refractivity contribution in [2.45, 2.75) is 26.0 Å². The standard InChI is InChI=1S/C25H23FN2O2/c1-18-9-5-6-12-21(18)24-15-20(30-27-24)17-28(16-19-10-3-2-4-11-19)25(29)22-13-7-8-14-23(22)26/h2-14,20H,15-17H2,1H3/t20-/m1/s1. The first-order chi connectivity index (χ1) is 14.6. The Morgan fingerprint density at radius 2 is 1.73 bits per heavy atom. The van der Waals surface area contributed by atoms with Crippen LogP contribution in [0, 0.1) is 12.7 Å². The van der Waals surface area contributed by atoms with E-state index in [4.69, 9.17) is 4.84 Å². The molecule has 1 atom stereocenters. The van der Waals surface area contributed by atoms with Crippen LogP contribution in [0.5, 0.6) is 0 Å². The van der Waals surface area contributed by atoms with Crippen molar-refractivity contribution in [2.24, 2.45) is 5.16 Å². The van der Waals surface area contributed by atoms with Crippen LogP contribution in [0.2, 0.25) is 0 Å². The van der Waals surface area contributed by atoms with Gasteiger partial charge in [-0.2, -0.15) is 0 Å². The third-order valence-electron chi connectivity index (χ3n) is 5.22. The van der Waals surface area contributed by atoms with E-state index in [1.54, 1.807) is 17.0 Å². The van der Waals surface area contributed by atoms with E-state index in [2.05, 4.69) is 5.16 Å². The Hall–Kier alpha value is -3.47. The van der Waals surface area contributed by atoms with Crippen LogP contribution in [0.25, 0.3) is 0 Å². The molecule has 0 aliphatic carbocycles. The lowest BCUT2D eigenvalue weighted by Crippen LogP contribution is -2.37. The number of hydrogen-bond donors (Lipinski definition) is 0. The maximum absolute atomic E-state index is 14.3. The molecule has 5 heteroatoms. The van der Waals surface area contributed by atoms with E-state index in [-0.39, 0.29) is 17.6 Å². The molecule has 1 heterocycles. The van der Waals surface area contributed by atoms with Gasteiger partial charge in [-0.05, 0) is 30.2 Å². The van der Waals surface area contributed by atoms with Crippen molar-refractivity contribution in [3.63, 3.8) is 0 Å². The van der Waals surface area contributed by atoms with Crippen LogP contribution >= 0.6 is 0 Å². The van der Waals surface area contributed by atoms with E-state index in [0.717, 1.165) is 22.4 Å². The Balaban J connectivity index is 1.53. The van der Waals surface area contributed by atoms with Gasteiger partial charge in [0, 0.05) is 18.5 Å². The number of halogens is 1. The molecule has 0 radical (unpaired) electrons. The minimum Gasteiger partial charge on any atom is -0.390 e. The lowest BCUT2D eigenvalue weighted by Gasteiger charge is -2.25. The molecular formula is C25H23FN2O2. The molecule has 0 saturated carbocycles. The molecule has 0 aromatic heterocycles. The maximum Gasteiger partial charge on any atom is 0.257 e. The summed E-state index contributed by atoms with van der Waals surface area (Å²) in [7, 11) is 0. The van der Waals surface area contributed by atoms with Crippen molar-refractivity contribution in [1.29, 1.82) is 0 Å². The number of nitrogens with zero attached hydrogens (tertiary/aromatic N) is 2. The summed E-state index contributed by atoms with van der Waals surface area (Å²) in [6.07, 6.45) is 0.319. The molecule has 4 rings (SSSR count). The predicted octanol–water partition coefficient (Wildman–Crippen LogP) is 4.97. The van der Waals surface area contributed by atoms with Crippen LogP contribution < -0.4 is 0 Å². The van der Waals surface area contributed by atoms with Gasteiger partial charge in [-0.3, -0.25) is 4.79 Å². The molecule has 0 unspecified atom stereocenters. The highest BCUT2D eigenvalue weighted by molar-refractivity contribution is 6.02. The molecule has 152 valence electrons. The Labute approximate surface area is 175 Å². The fourth-order valence-electron chi connectivity index (χ4n) is 3.66. The van der Waals surface area contributed by atoms with Crippen molar-refractivity contribution in [2.75, 3.05) is 6.54 Å². The largest absolute Gasteiger partial charge is 0.390 e. The lowest BCUT2D eigenvalue weighted by atomic mass is 10.00. The zero-order valence-electron chi connectivity index (χ0n) is 16.8. The van der Waals surface area contributed by atoms with Crippen LogP contribution in [0.4, 0.5) is 4.39 Å². The highest BCUT2D eigenvalue weighted by Gasteiger charge is 2.28. The Bertz CT molecular complexity index is 1070. The zero-order chi connectivity index (χ0) is 20.9. The van der Waals surface area contributed by atoms with E-state index >= 15 is 0 Å². The van der Waals surface area contributed by atoms with E-state index in [9.17, 15) is 9.18 Å². The molecule has 0 bridgehead atoms. The molecule has 0 saturated heterocycles. The third-order valence-corrected chi connectivity index (χ3v) is 5.22. The average molecular weight is 402 g/mol. The number of carbonyl (C=O) groups is 1. The molecule has 30 heavy (non-hydrogen) atoms. The fraction of sp³-hybridized carbons (Fsp3) is 0.200. The van der Waals surface area contributed by atoms with Crippen LogP contribution in [0.15, 0.2) is 84.0 Å². The number of carbonyl (C=O) groups excluding carboxylic acids is 1. The summed E-state index contributed by atoms with van der Waals surface area (Å²) in [6.45, 7) is 2.73. The van der Waals surface area contributed by atoms with Gasteiger partial charge in [0.15, 0.2) is 6.10 Å². The maximum atomic E-state index is 14.3. The van der Waals surface area contributed by atoms with Gasteiger partial charge in [0.1, 0.15) is 5.82 Å². The lowest BCUT2D eigenvalue weighted by molar-refractivity contribution is 0.0402. The molecule has 0 N–H and O–H groups in total. The summed E-state index contributed by atoms with van der Waals surface area (Å²) in [6, 6.07) is 23.8. The first kappa shape index (κ1) is 19.8. The van der Waals surface area contributed by atoms with Gasteiger partial charge in [0.05, 0.1) is 17.8 Å². The second kappa shape index (κ2) is 8.91. The van der Waals surface area contributed by atoms with Gasteiger partial charge in [-0.25, -0.2) is 4.39 Å². The quantitative estimate of drug-likeness (QED) is 0.584. The summed E-state index contributed by atoms with van der Waals surface area (Å²) in [4.78, 5) is 20.4. The second-order valence-corrected chi connectivity index (χ2v) is 7.44. The van der Waals surface area contributed by atoms with Crippen molar-refractivity contribution in [1.82, 2.24) is 4.90 Å². The molecule has 3 aromatic rings. The van der Waals surface area contributed by atoms with Crippen molar-refractivity contribution in [3.8, 4) is 0 Å². The Morgan fingerprint density at radius 3 is 2.50 bits per heavy atom. The van der Waals surface area contributed by atoms with Crippen LogP contribution in [0.3, 0.4) is 0 Å². The van der Waals surface area contributed by atoms with E-state index < -0.39 is 5.82 Å². The molecule has 4 nitrogen and oxygen atoms in total. The minimum atomic E-state index is -0.523. The van der Waals surface area contributed by atoms with Crippen LogP contribution in [0.1, 0.15) is 33.5 Å². The van der Waals surface area contributed by atoms with Crippen LogP contribution in [-0.4, -0.2) is 29.2 Å². The summed E-state index contributed by atoms with van der Waals surface area (Å²) in [5.41, 5.74) is 4.09. The average Bonchev–Trinajstić information content (AvgIpc) is 3.22. The SMILES string of the molecule is Cc1ccccc1C1=NO[C@@H](CN(Cc2ccccc2)C(=O)c2ccccc2F)C1. The van der Waals surface area contributed by atoms with Gasteiger partial charge >= 0.3 is 0 Å². The normalized spacial score (nSPS) is 15.4. The van der Waals surface area contributed by atoms with Gasteiger partial charge in [-0.15, -0.1) is 0 Å². The first-order valence-electron chi connectivity index (χ1n) is 9.98. The van der Waals surface area contributed by atoms with Gasteiger partial charge in [0.25, 0.3) is 5.91 Å². The number of hydrogen-bond acceptors (Lipinski definition) is 3. The number of rotatable bonds is 6. The van der Waals surface area contributed by atoms with E-state index in [1.165, 1.54) is 12.1 Å². The van der Waals surface area contributed by atoms with Gasteiger partial charge < -0.3 is 9.74 Å². The van der Waals surface area contributed by atoms with Gasteiger partial charge in [0.2, 0.25) is 0 Å². The zero-order valence-corrected chi connectivity index (χ0v) is 16.8. The fourth-order valence-corrected chi connectivity index (χ4v) is 3.66.